The Kier molecular flexibility index (Phi) is 8.48. The molecule has 3 rings (SSSR count). The number of amides is 4. The quantitative estimate of drug-likeness (QED) is 0.269. The predicted octanol–water partition coefficient (Wildman–Crippen LogP) is 4.51. The lowest BCUT2D eigenvalue weighted by Crippen LogP contribution is -2.38. The van der Waals surface area contributed by atoms with Gasteiger partial charge in [-0.1, -0.05) is 37.8 Å². The number of hydrogen-bond acceptors (Lipinski definition) is 5. The van der Waals surface area contributed by atoms with Crippen molar-refractivity contribution in [3.63, 3.8) is 0 Å². The minimum absolute atomic E-state index is 0.0564. The minimum atomic E-state index is -0.662. The van der Waals surface area contributed by atoms with Gasteiger partial charge in [-0.25, -0.2) is 9.69 Å². The first kappa shape index (κ1) is 25.0. The van der Waals surface area contributed by atoms with E-state index >= 15 is 0 Å². The number of carbonyl (C=O) groups excluding carboxylic acids is 3. The van der Waals surface area contributed by atoms with Gasteiger partial charge in [0.05, 0.1) is 11.1 Å². The zero-order chi connectivity index (χ0) is 24.7. The molecular weight excluding hydrogens is 502 g/mol. The molecule has 4 amide bonds. The number of aryl methyl sites for hydroxylation is 1. The van der Waals surface area contributed by atoms with E-state index < -0.39 is 24.4 Å². The maximum Gasteiger partial charge on any atom is 0.329 e. The Hall–Kier alpha value is -3.59. The Bertz CT molecular complexity index is 1150. The second-order valence-corrected chi connectivity index (χ2v) is 8.16. The fourth-order valence-corrected chi connectivity index (χ4v) is 3.96. The van der Waals surface area contributed by atoms with Crippen molar-refractivity contribution in [1.29, 1.82) is 0 Å². The summed E-state index contributed by atoms with van der Waals surface area (Å²) in [4.78, 5) is 38.7. The van der Waals surface area contributed by atoms with Crippen molar-refractivity contribution < 1.29 is 23.9 Å². The van der Waals surface area contributed by atoms with Crippen LogP contribution in [0.2, 0.25) is 0 Å². The van der Waals surface area contributed by atoms with Crippen LogP contribution >= 0.6 is 15.9 Å². The van der Waals surface area contributed by atoms with Crippen molar-refractivity contribution in [3.05, 3.63) is 70.3 Å². The Labute approximate surface area is 206 Å². The summed E-state index contributed by atoms with van der Waals surface area (Å²) in [7, 11) is 0. The highest BCUT2D eigenvalue weighted by Crippen LogP contribution is 2.37. The summed E-state index contributed by atoms with van der Waals surface area (Å²) in [5.74, 6) is -0.0646. The SMILES string of the molecule is C=CCOc1c(Br)cc(/C=C2/NC(=O)N(CC(=O)Nc3ccccc3CC)C2=O)cc1OCC. The number of nitrogens with one attached hydrogen (secondary N) is 2. The molecule has 1 aliphatic rings. The Balaban J connectivity index is 1.77. The predicted molar refractivity (Wildman–Crippen MR) is 134 cm³/mol. The zero-order valence-corrected chi connectivity index (χ0v) is 20.6. The lowest BCUT2D eigenvalue weighted by Gasteiger charge is -2.14. The average molecular weight is 528 g/mol. The zero-order valence-electron chi connectivity index (χ0n) is 19.0. The molecule has 0 atom stereocenters. The number of carbonyl (C=O) groups is 3. The van der Waals surface area contributed by atoms with Gasteiger partial charge >= 0.3 is 6.03 Å². The van der Waals surface area contributed by atoms with Gasteiger partial charge in [0.15, 0.2) is 11.5 Å². The molecule has 2 aromatic rings. The smallest absolute Gasteiger partial charge is 0.329 e. The van der Waals surface area contributed by atoms with Crippen LogP contribution in [0, 0.1) is 0 Å². The molecule has 2 N–H and O–H groups in total. The highest BCUT2D eigenvalue weighted by molar-refractivity contribution is 9.10. The fourth-order valence-electron chi connectivity index (χ4n) is 3.38. The number of rotatable bonds is 10. The van der Waals surface area contributed by atoms with Crippen LogP contribution in [0.3, 0.4) is 0 Å². The molecule has 34 heavy (non-hydrogen) atoms. The molecule has 0 radical (unpaired) electrons. The maximum absolute atomic E-state index is 12.9. The van der Waals surface area contributed by atoms with E-state index in [-0.39, 0.29) is 5.70 Å². The number of halogens is 1. The van der Waals surface area contributed by atoms with Crippen LogP contribution in [-0.2, 0) is 16.0 Å². The van der Waals surface area contributed by atoms with Gasteiger partial charge < -0.3 is 20.1 Å². The van der Waals surface area contributed by atoms with Crippen molar-refractivity contribution in [2.24, 2.45) is 0 Å². The van der Waals surface area contributed by atoms with E-state index in [0.717, 1.165) is 16.9 Å². The van der Waals surface area contributed by atoms with Gasteiger partial charge in [0.1, 0.15) is 18.8 Å². The Morgan fingerprint density at radius 2 is 1.97 bits per heavy atom. The summed E-state index contributed by atoms with van der Waals surface area (Å²) in [5.41, 5.74) is 2.28. The molecule has 0 unspecified atom stereocenters. The van der Waals surface area contributed by atoms with E-state index in [4.69, 9.17) is 9.47 Å². The summed E-state index contributed by atoms with van der Waals surface area (Å²) in [6.07, 6.45) is 3.88. The van der Waals surface area contributed by atoms with Crippen molar-refractivity contribution >= 4 is 45.5 Å². The number of imide groups is 1. The first-order valence-electron chi connectivity index (χ1n) is 10.8. The lowest BCUT2D eigenvalue weighted by molar-refractivity contribution is -0.127. The summed E-state index contributed by atoms with van der Waals surface area (Å²) in [6, 6.07) is 10.2. The van der Waals surface area contributed by atoms with Crippen LogP contribution in [0.4, 0.5) is 10.5 Å². The molecule has 0 bridgehead atoms. The third kappa shape index (κ3) is 5.85. The van der Waals surface area contributed by atoms with Crippen molar-refractivity contribution in [2.45, 2.75) is 20.3 Å². The van der Waals surface area contributed by atoms with Gasteiger partial charge in [0, 0.05) is 5.69 Å². The molecular formula is C25H26BrN3O5. The number of nitrogens with zero attached hydrogens (tertiary/aromatic N) is 1. The molecule has 0 aromatic heterocycles. The molecule has 0 aliphatic carbocycles. The van der Waals surface area contributed by atoms with Crippen LogP contribution in [0.15, 0.2) is 59.2 Å². The number of benzene rings is 2. The van der Waals surface area contributed by atoms with E-state index in [1.54, 1.807) is 24.3 Å². The van der Waals surface area contributed by atoms with Crippen molar-refractivity contribution in [1.82, 2.24) is 10.2 Å². The molecule has 8 nitrogen and oxygen atoms in total. The lowest BCUT2D eigenvalue weighted by atomic mass is 10.1. The molecule has 0 saturated carbocycles. The summed E-state index contributed by atoms with van der Waals surface area (Å²) in [5, 5.41) is 5.30. The van der Waals surface area contributed by atoms with Gasteiger partial charge in [-0.05, 0) is 64.7 Å². The largest absolute Gasteiger partial charge is 0.490 e. The van der Waals surface area contributed by atoms with Crippen LogP contribution in [0.1, 0.15) is 25.0 Å². The van der Waals surface area contributed by atoms with E-state index in [1.165, 1.54) is 6.08 Å². The summed E-state index contributed by atoms with van der Waals surface area (Å²) < 4.78 is 11.9. The Morgan fingerprint density at radius 3 is 2.68 bits per heavy atom. The molecule has 0 spiro atoms. The summed E-state index contributed by atoms with van der Waals surface area (Å²) in [6.45, 7) is 7.78. The van der Waals surface area contributed by atoms with Gasteiger partial charge in [-0.2, -0.15) is 0 Å². The second-order valence-electron chi connectivity index (χ2n) is 7.30. The van der Waals surface area contributed by atoms with Crippen LogP contribution < -0.4 is 20.1 Å². The van der Waals surface area contributed by atoms with E-state index in [9.17, 15) is 14.4 Å². The normalized spacial score (nSPS) is 14.2. The highest BCUT2D eigenvalue weighted by Gasteiger charge is 2.35. The maximum atomic E-state index is 12.9. The number of para-hydroxylation sites is 1. The topological polar surface area (TPSA) is 97.0 Å². The molecule has 1 saturated heterocycles. The molecule has 2 aromatic carbocycles. The molecule has 178 valence electrons. The van der Waals surface area contributed by atoms with Crippen LogP contribution in [-0.4, -0.2) is 42.5 Å². The molecule has 1 fully saturated rings. The van der Waals surface area contributed by atoms with E-state index in [0.29, 0.717) is 40.4 Å². The summed E-state index contributed by atoms with van der Waals surface area (Å²) >= 11 is 3.46. The minimum Gasteiger partial charge on any atom is -0.490 e. The van der Waals surface area contributed by atoms with Gasteiger partial charge in [-0.15, -0.1) is 0 Å². The monoisotopic (exact) mass is 527 g/mol. The average Bonchev–Trinajstić information content (AvgIpc) is 3.06. The van der Waals surface area contributed by atoms with Crippen molar-refractivity contribution in [2.75, 3.05) is 25.1 Å². The van der Waals surface area contributed by atoms with Gasteiger partial charge in [-0.3, -0.25) is 9.59 Å². The standard InChI is InChI=1S/C25H26BrN3O5/c1-4-11-34-23-18(26)12-16(14-21(23)33-6-3)13-20-24(31)29(25(32)28-20)15-22(30)27-19-10-8-7-9-17(19)5-2/h4,7-10,12-14H,1,5-6,11,15H2,2-3H3,(H,27,30)(H,28,32)/b20-13+. The molecule has 1 heterocycles. The van der Waals surface area contributed by atoms with Gasteiger partial charge in [0.25, 0.3) is 5.91 Å². The first-order valence-corrected chi connectivity index (χ1v) is 11.6. The van der Waals surface area contributed by atoms with E-state index in [2.05, 4.69) is 33.1 Å². The third-order valence-electron chi connectivity index (χ3n) is 4.92. The van der Waals surface area contributed by atoms with Crippen molar-refractivity contribution in [3.8, 4) is 11.5 Å². The number of urea groups is 1. The number of anilines is 1. The van der Waals surface area contributed by atoms with Crippen LogP contribution in [0.25, 0.3) is 6.08 Å². The highest BCUT2D eigenvalue weighted by atomic mass is 79.9. The third-order valence-corrected chi connectivity index (χ3v) is 5.51. The second kappa shape index (κ2) is 11.5. The Morgan fingerprint density at radius 1 is 1.21 bits per heavy atom. The molecule has 1 aliphatic heterocycles. The number of ether oxygens (including phenoxy) is 2. The molecule has 9 heteroatoms. The fraction of sp³-hybridized carbons (Fsp3) is 0.240. The van der Waals surface area contributed by atoms with Crippen LogP contribution in [0.5, 0.6) is 11.5 Å². The van der Waals surface area contributed by atoms with Gasteiger partial charge in [0.2, 0.25) is 5.91 Å². The van der Waals surface area contributed by atoms with E-state index in [1.807, 2.05) is 32.0 Å². The number of hydrogen-bond donors (Lipinski definition) is 2. The first-order chi connectivity index (χ1) is 16.4.